The number of aliphatic hydroxyl groups is 1. The Kier molecular flexibility index (Phi) is 5.99. The van der Waals surface area contributed by atoms with Crippen LogP contribution in [0.4, 0.5) is 21.8 Å². The minimum atomic E-state index is -0.476. The number of benzene rings is 2. The van der Waals surface area contributed by atoms with Crippen LogP contribution in [-0.2, 0) is 0 Å². The van der Waals surface area contributed by atoms with E-state index < -0.39 is 5.82 Å². The molecule has 0 amide bonds. The Bertz CT molecular complexity index is 877. The summed E-state index contributed by atoms with van der Waals surface area (Å²) in [6, 6.07) is 15.9. The quantitative estimate of drug-likeness (QED) is 0.534. The van der Waals surface area contributed by atoms with Gasteiger partial charge in [0.2, 0.25) is 5.95 Å². The summed E-state index contributed by atoms with van der Waals surface area (Å²) in [6.07, 6.45) is 0.593. The highest BCUT2D eigenvalue weighted by molar-refractivity contribution is 6.31. The Hall–Kier alpha value is -2.70. The number of hydrogen-bond acceptors (Lipinski definition) is 5. The molecule has 0 bridgehead atoms. The zero-order valence-corrected chi connectivity index (χ0v) is 14.7. The molecule has 0 aliphatic carbocycles. The third kappa shape index (κ3) is 4.68. The first-order chi connectivity index (χ1) is 12.7. The summed E-state index contributed by atoms with van der Waals surface area (Å²) in [5, 5.41) is 15.2. The van der Waals surface area contributed by atoms with Gasteiger partial charge in [0.05, 0.1) is 10.7 Å². The summed E-state index contributed by atoms with van der Waals surface area (Å²) in [6.45, 7) is 0.640. The van der Waals surface area contributed by atoms with Gasteiger partial charge < -0.3 is 15.7 Å². The molecule has 0 fully saturated rings. The fourth-order valence-electron chi connectivity index (χ4n) is 2.35. The summed E-state index contributed by atoms with van der Waals surface area (Å²) < 4.78 is 13.3. The maximum atomic E-state index is 13.3. The number of anilines is 3. The molecular formula is C19H18ClFN4O. The summed E-state index contributed by atoms with van der Waals surface area (Å²) >= 11 is 5.84. The Labute approximate surface area is 155 Å². The van der Waals surface area contributed by atoms with Crippen LogP contribution in [-0.4, -0.2) is 28.2 Å². The first kappa shape index (κ1) is 18.1. The number of rotatable bonds is 7. The van der Waals surface area contributed by atoms with E-state index in [0.717, 1.165) is 11.3 Å². The molecular weight excluding hydrogens is 355 g/mol. The van der Waals surface area contributed by atoms with E-state index in [-0.39, 0.29) is 11.6 Å². The normalized spacial score (nSPS) is 10.6. The van der Waals surface area contributed by atoms with Gasteiger partial charge in [0.25, 0.3) is 0 Å². The summed E-state index contributed by atoms with van der Waals surface area (Å²) in [4.78, 5) is 8.95. The topological polar surface area (TPSA) is 70.1 Å². The third-order valence-corrected chi connectivity index (χ3v) is 3.90. The van der Waals surface area contributed by atoms with E-state index in [0.29, 0.717) is 30.4 Å². The molecule has 0 aliphatic heterocycles. The maximum absolute atomic E-state index is 13.3. The van der Waals surface area contributed by atoms with Crippen LogP contribution in [0.5, 0.6) is 0 Å². The molecule has 0 atom stereocenters. The monoisotopic (exact) mass is 372 g/mol. The van der Waals surface area contributed by atoms with Crippen molar-refractivity contribution >= 4 is 29.1 Å². The molecule has 0 unspecified atom stereocenters. The summed E-state index contributed by atoms with van der Waals surface area (Å²) in [5.74, 6) is 0.514. The average molecular weight is 373 g/mol. The highest BCUT2D eigenvalue weighted by Crippen LogP contribution is 2.25. The van der Waals surface area contributed by atoms with Crippen molar-refractivity contribution in [3.63, 3.8) is 0 Å². The van der Waals surface area contributed by atoms with Crippen LogP contribution in [0.3, 0.4) is 0 Å². The highest BCUT2D eigenvalue weighted by Gasteiger charge is 2.08. The SMILES string of the molecule is OCCCNc1nc(Nc2ccc(F)c(Cl)c2)cc(-c2ccccc2)n1. The maximum Gasteiger partial charge on any atom is 0.225 e. The molecule has 0 aliphatic rings. The van der Waals surface area contributed by atoms with Crippen molar-refractivity contribution in [2.24, 2.45) is 0 Å². The third-order valence-electron chi connectivity index (χ3n) is 3.61. The van der Waals surface area contributed by atoms with Crippen molar-refractivity contribution in [2.45, 2.75) is 6.42 Å². The second-order valence-corrected chi connectivity index (χ2v) is 5.99. The van der Waals surface area contributed by atoms with Crippen LogP contribution >= 0.6 is 11.6 Å². The van der Waals surface area contributed by atoms with E-state index in [2.05, 4.69) is 20.6 Å². The number of aromatic nitrogens is 2. The second-order valence-electron chi connectivity index (χ2n) is 5.59. The van der Waals surface area contributed by atoms with Crippen LogP contribution < -0.4 is 10.6 Å². The van der Waals surface area contributed by atoms with Gasteiger partial charge in [0.1, 0.15) is 11.6 Å². The number of nitrogens with zero attached hydrogens (tertiary/aromatic N) is 2. The molecule has 1 heterocycles. The summed E-state index contributed by atoms with van der Waals surface area (Å²) in [5.41, 5.74) is 2.30. The molecule has 0 saturated carbocycles. The van der Waals surface area contributed by atoms with E-state index in [1.165, 1.54) is 12.1 Å². The predicted molar refractivity (Wildman–Crippen MR) is 102 cm³/mol. The molecule has 0 radical (unpaired) electrons. The number of hydrogen-bond donors (Lipinski definition) is 3. The molecule has 0 spiro atoms. The zero-order chi connectivity index (χ0) is 18.4. The van der Waals surface area contributed by atoms with Gasteiger partial charge in [-0.1, -0.05) is 41.9 Å². The molecule has 134 valence electrons. The average Bonchev–Trinajstić information content (AvgIpc) is 2.66. The van der Waals surface area contributed by atoms with Crippen LogP contribution in [0.2, 0.25) is 5.02 Å². The van der Waals surface area contributed by atoms with Crippen molar-refractivity contribution in [1.29, 1.82) is 0 Å². The number of nitrogens with one attached hydrogen (secondary N) is 2. The molecule has 3 rings (SSSR count). The first-order valence-corrected chi connectivity index (χ1v) is 8.55. The van der Waals surface area contributed by atoms with Gasteiger partial charge in [0.15, 0.2) is 0 Å². The van der Waals surface area contributed by atoms with Crippen molar-refractivity contribution < 1.29 is 9.50 Å². The predicted octanol–water partition coefficient (Wildman–Crippen LogP) is 4.47. The standard InChI is InChI=1S/C19H18ClFN4O/c20-15-11-14(7-8-16(15)21)23-18-12-17(13-5-2-1-3-6-13)24-19(25-18)22-9-4-10-26/h1-3,5-8,11-12,26H,4,9-10H2,(H2,22,23,24,25). The van der Waals surface area contributed by atoms with Crippen molar-refractivity contribution in [1.82, 2.24) is 9.97 Å². The van der Waals surface area contributed by atoms with Crippen molar-refractivity contribution in [3.8, 4) is 11.3 Å². The molecule has 26 heavy (non-hydrogen) atoms. The molecule has 0 saturated heterocycles. The first-order valence-electron chi connectivity index (χ1n) is 8.17. The smallest absolute Gasteiger partial charge is 0.225 e. The minimum Gasteiger partial charge on any atom is -0.396 e. The Morgan fingerprint density at radius 1 is 1.04 bits per heavy atom. The molecule has 5 nitrogen and oxygen atoms in total. The Morgan fingerprint density at radius 3 is 2.58 bits per heavy atom. The van der Waals surface area contributed by atoms with Gasteiger partial charge in [0, 0.05) is 30.5 Å². The number of halogens is 2. The fourth-order valence-corrected chi connectivity index (χ4v) is 2.53. The van der Waals surface area contributed by atoms with Gasteiger partial charge in [-0.05, 0) is 24.6 Å². The van der Waals surface area contributed by atoms with E-state index in [1.807, 2.05) is 36.4 Å². The van der Waals surface area contributed by atoms with E-state index >= 15 is 0 Å². The summed E-state index contributed by atoms with van der Waals surface area (Å²) in [7, 11) is 0. The zero-order valence-electron chi connectivity index (χ0n) is 13.9. The van der Waals surface area contributed by atoms with Crippen LogP contribution in [0, 0.1) is 5.82 Å². The lowest BCUT2D eigenvalue weighted by Crippen LogP contribution is -2.08. The molecule has 2 aromatic carbocycles. The van der Waals surface area contributed by atoms with E-state index in [1.54, 1.807) is 6.07 Å². The molecule has 7 heteroatoms. The Balaban J connectivity index is 1.91. The lowest BCUT2D eigenvalue weighted by Gasteiger charge is -2.12. The minimum absolute atomic E-state index is 0.0358. The molecule has 3 N–H and O–H groups in total. The second kappa shape index (κ2) is 8.60. The largest absolute Gasteiger partial charge is 0.396 e. The van der Waals surface area contributed by atoms with Gasteiger partial charge in [-0.2, -0.15) is 4.98 Å². The van der Waals surface area contributed by atoms with Crippen LogP contribution in [0.1, 0.15) is 6.42 Å². The van der Waals surface area contributed by atoms with E-state index in [4.69, 9.17) is 16.7 Å². The Morgan fingerprint density at radius 2 is 1.85 bits per heavy atom. The number of aliphatic hydroxyl groups excluding tert-OH is 1. The van der Waals surface area contributed by atoms with Gasteiger partial charge >= 0.3 is 0 Å². The lowest BCUT2D eigenvalue weighted by molar-refractivity contribution is 0.292. The van der Waals surface area contributed by atoms with Gasteiger partial charge in [-0.15, -0.1) is 0 Å². The van der Waals surface area contributed by atoms with E-state index in [9.17, 15) is 4.39 Å². The van der Waals surface area contributed by atoms with Crippen molar-refractivity contribution in [2.75, 3.05) is 23.8 Å². The fraction of sp³-hybridized carbons (Fsp3) is 0.158. The van der Waals surface area contributed by atoms with Crippen molar-refractivity contribution in [3.05, 3.63) is 65.4 Å². The molecule has 3 aromatic rings. The van der Waals surface area contributed by atoms with Gasteiger partial charge in [-0.25, -0.2) is 9.37 Å². The van der Waals surface area contributed by atoms with Crippen LogP contribution in [0.25, 0.3) is 11.3 Å². The highest BCUT2D eigenvalue weighted by atomic mass is 35.5. The van der Waals surface area contributed by atoms with Gasteiger partial charge in [-0.3, -0.25) is 0 Å². The molecule has 1 aromatic heterocycles. The lowest BCUT2D eigenvalue weighted by atomic mass is 10.1. The van der Waals surface area contributed by atoms with Crippen LogP contribution in [0.15, 0.2) is 54.6 Å².